The minimum absolute atomic E-state index is 0.00884. The fourth-order valence-electron chi connectivity index (χ4n) is 13.9. The van der Waals surface area contributed by atoms with Crippen molar-refractivity contribution in [2.75, 3.05) is 122 Å². The largest absolute Gasteiger partial charge is 0.477 e. The maximum atomic E-state index is 13.1. The number of anilines is 3. The van der Waals surface area contributed by atoms with Gasteiger partial charge in [-0.3, -0.25) is 44.0 Å². The molecule has 0 aliphatic carbocycles. The molecule has 3 N–H and O–H groups in total. The molecule has 12 heterocycles. The molecular weight excluding hydrogens is 1500 g/mol. The number of benzene rings is 3. The molecule has 0 radical (unpaired) electrons. The van der Waals surface area contributed by atoms with Gasteiger partial charge in [0.1, 0.15) is 17.1 Å². The first-order valence-electron chi connectivity index (χ1n) is 41.1. The van der Waals surface area contributed by atoms with Gasteiger partial charge in [-0.15, -0.1) is 10.2 Å². The number of piperazine rings is 3. The van der Waals surface area contributed by atoms with Crippen LogP contribution in [-0.2, 0) is 26.1 Å². The Morgan fingerprint density at radius 1 is 0.400 bits per heavy atom. The standard InChI is InChI=1S/C33H39N7O.C31H35N7O2.C30H33N7O2/c1-23(2)6-9-29-11-13-32-35-21-31(40(32)37-29)12-8-26-19-28(20-34-25(26)4)33(41)36-30-10-7-27(24(3)18-30)22-39-16-14-38(5)15-17-39;1-21(2)40-30-11-10-29-33-19-28(38(29)35-30)9-7-24-17-26(18-32-23(24)4)31(39)34-27-8-6-25(22(3)16-27)20-37-14-12-36(5)13-15-37;1-5-39-29-11-10-28-32-19-27(37(28)34-29)9-7-23-17-25(18-31-22(23)3)30(38)33-26-8-6-24(21(2)16-26)20-36-14-12-35(4)13-15-36/h7,10-11,13,18-21,23H,6,9,14-17,22H2,1-5H3,(H,36,41);6,8,10-11,16-19,21H,12-15,20H2,1-5H3,(H,34,39);6,8,10-11,16-19H,5,12-15,20H2,1-4H3,(H,33,38). The average Bonchev–Trinajstić information content (AvgIpc) is 1.69. The number of rotatable bonds is 19. The zero-order valence-corrected chi connectivity index (χ0v) is 71.3. The highest BCUT2D eigenvalue weighted by atomic mass is 16.5. The van der Waals surface area contributed by atoms with E-state index in [4.69, 9.17) is 14.6 Å². The first kappa shape index (κ1) is 85.3. The maximum Gasteiger partial charge on any atom is 0.257 e. The summed E-state index contributed by atoms with van der Waals surface area (Å²) < 4.78 is 16.3. The van der Waals surface area contributed by atoms with Gasteiger partial charge in [-0.05, 0) is 232 Å². The topological polar surface area (TPSA) is 254 Å². The smallest absolute Gasteiger partial charge is 0.257 e. The molecule has 26 nitrogen and oxygen atoms in total. The predicted molar refractivity (Wildman–Crippen MR) is 470 cm³/mol. The molecule has 3 saturated heterocycles. The van der Waals surface area contributed by atoms with E-state index in [2.05, 4.69) is 195 Å². The van der Waals surface area contributed by atoms with Crippen molar-refractivity contribution in [2.45, 2.75) is 115 Å². The normalized spacial score (nSPS) is 14.2. The third-order valence-electron chi connectivity index (χ3n) is 21.5. The third-order valence-corrected chi connectivity index (χ3v) is 21.5. The van der Waals surface area contributed by atoms with Crippen LogP contribution in [0.3, 0.4) is 0 Å². The molecule has 0 unspecified atom stereocenters. The lowest BCUT2D eigenvalue weighted by Gasteiger charge is -2.32. The number of likely N-dealkylation sites (N-methyl/N-ethyl adjacent to an activating group) is 3. The molecule has 3 aliphatic heterocycles. The van der Waals surface area contributed by atoms with Gasteiger partial charge in [0, 0.05) is 163 Å². The van der Waals surface area contributed by atoms with E-state index in [0.717, 1.165) is 168 Å². The second-order valence-corrected chi connectivity index (χ2v) is 31.8. The number of nitrogens with one attached hydrogen (secondary N) is 3. The number of pyridine rings is 3. The fourth-order valence-corrected chi connectivity index (χ4v) is 13.9. The molecule has 0 bridgehead atoms. The summed E-state index contributed by atoms with van der Waals surface area (Å²) in [5.41, 5.74) is 20.3. The van der Waals surface area contributed by atoms with Crippen LogP contribution in [0.1, 0.15) is 162 Å². The van der Waals surface area contributed by atoms with Gasteiger partial charge >= 0.3 is 0 Å². The van der Waals surface area contributed by atoms with E-state index in [1.54, 1.807) is 81.1 Å². The van der Waals surface area contributed by atoms with Crippen molar-refractivity contribution < 1.29 is 23.9 Å². The number of hydrogen-bond donors (Lipinski definition) is 3. The Hall–Kier alpha value is -12.6. The monoisotopic (exact) mass is 1610 g/mol. The molecule has 3 fully saturated rings. The molecule has 15 rings (SSSR count). The van der Waals surface area contributed by atoms with E-state index < -0.39 is 0 Å². The van der Waals surface area contributed by atoms with E-state index in [9.17, 15) is 14.4 Å². The Balaban J connectivity index is 0.000000156. The van der Waals surface area contributed by atoms with Crippen LogP contribution in [0.25, 0.3) is 16.9 Å². The Labute approximate surface area is 703 Å². The van der Waals surface area contributed by atoms with Gasteiger partial charge in [-0.25, -0.2) is 28.5 Å². The first-order chi connectivity index (χ1) is 57.9. The lowest BCUT2D eigenvalue weighted by molar-refractivity contribution is 0.101. The summed E-state index contributed by atoms with van der Waals surface area (Å²) in [5.74, 6) is 19.9. The molecule has 9 aromatic heterocycles. The number of aryl methyl sites for hydroxylation is 7. The molecule has 0 atom stereocenters. The van der Waals surface area contributed by atoms with Crippen LogP contribution in [0.15, 0.2) is 146 Å². The number of imidazole rings is 3. The summed E-state index contributed by atoms with van der Waals surface area (Å²) in [4.78, 5) is 80.3. The number of fused-ring (bicyclic) bond motifs is 3. The fraction of sp³-hybridized carbons (Fsp3) is 0.362. The van der Waals surface area contributed by atoms with Crippen LogP contribution >= 0.6 is 0 Å². The van der Waals surface area contributed by atoms with E-state index in [-0.39, 0.29) is 23.8 Å². The number of nitrogens with zero attached hydrogens (tertiary/aromatic N) is 18. The molecule has 26 heteroatoms. The van der Waals surface area contributed by atoms with Crippen molar-refractivity contribution in [3.8, 4) is 47.3 Å². The summed E-state index contributed by atoms with van der Waals surface area (Å²) in [6.07, 6.45) is 11.8. The van der Waals surface area contributed by atoms with E-state index in [0.29, 0.717) is 86.0 Å². The Morgan fingerprint density at radius 3 is 1.08 bits per heavy atom. The molecule has 3 amide bonds. The first-order valence-corrected chi connectivity index (χ1v) is 41.1. The summed E-state index contributed by atoms with van der Waals surface area (Å²) in [6.45, 7) is 38.4. The van der Waals surface area contributed by atoms with Crippen LogP contribution in [-0.4, -0.2) is 218 Å². The third kappa shape index (κ3) is 22.8. The van der Waals surface area contributed by atoms with E-state index >= 15 is 0 Å². The van der Waals surface area contributed by atoms with Gasteiger partial charge in [0.05, 0.1) is 70.8 Å². The van der Waals surface area contributed by atoms with Crippen molar-refractivity contribution in [1.29, 1.82) is 0 Å². The van der Waals surface area contributed by atoms with Crippen LogP contribution in [0, 0.1) is 83.0 Å². The second-order valence-electron chi connectivity index (χ2n) is 31.8. The van der Waals surface area contributed by atoms with Gasteiger partial charge in [0.15, 0.2) is 16.9 Å². The number of carbonyl (C=O) groups is 3. The van der Waals surface area contributed by atoms with Crippen LogP contribution in [0.4, 0.5) is 17.1 Å². The van der Waals surface area contributed by atoms with Gasteiger partial charge in [0.2, 0.25) is 11.8 Å². The minimum Gasteiger partial charge on any atom is -0.477 e. The van der Waals surface area contributed by atoms with Gasteiger partial charge < -0.3 is 40.1 Å². The summed E-state index contributed by atoms with van der Waals surface area (Å²) in [5, 5.41) is 22.7. The second kappa shape index (κ2) is 39.8. The Kier molecular flexibility index (Phi) is 28.3. The molecule has 3 aromatic carbocycles. The maximum absolute atomic E-state index is 13.1. The molecule has 618 valence electrons. The number of ether oxygens (including phenoxy) is 2. The zero-order valence-electron chi connectivity index (χ0n) is 71.3. The van der Waals surface area contributed by atoms with Gasteiger partial charge in [-0.2, -0.15) is 5.10 Å². The lowest BCUT2D eigenvalue weighted by atomic mass is 10.1. The molecular formula is C94H107N21O5. The molecule has 3 aliphatic rings. The van der Waals surface area contributed by atoms with Crippen molar-refractivity contribution in [2.24, 2.45) is 5.92 Å². The number of amides is 3. The summed E-state index contributed by atoms with van der Waals surface area (Å²) in [7, 11) is 6.50. The highest BCUT2D eigenvalue weighted by Gasteiger charge is 2.22. The Morgan fingerprint density at radius 2 is 0.742 bits per heavy atom. The highest BCUT2D eigenvalue weighted by Crippen LogP contribution is 2.25. The van der Waals surface area contributed by atoms with Crippen LogP contribution in [0.2, 0.25) is 0 Å². The quantitative estimate of drug-likeness (QED) is 0.0636. The molecule has 0 spiro atoms. The minimum atomic E-state index is -0.228. The highest BCUT2D eigenvalue weighted by molar-refractivity contribution is 6.06. The van der Waals surface area contributed by atoms with Crippen LogP contribution in [0.5, 0.6) is 11.8 Å². The Bertz CT molecular complexity index is 5890. The van der Waals surface area contributed by atoms with Crippen LogP contribution < -0.4 is 25.4 Å². The molecule has 12 aromatic rings. The van der Waals surface area contributed by atoms with Crippen molar-refractivity contribution >= 4 is 51.7 Å². The SMILES string of the molecule is CCOc1ccc2ncc(C#Cc3cc(C(=O)Nc4ccc(CN5CCN(C)CC5)c(C)c4)cnc3C)n2n1.Cc1cc(NC(=O)c2cnc(C)c(C#Cc3cnc4ccc(CCC(C)C)nn34)c2)ccc1CN1CCN(C)CC1.Cc1cc(NC(=O)c2cnc(C)c(C#Cc3cnc4ccc(OC(C)C)nn34)c2)ccc1CN1CCN(C)CC1. The number of hydrogen-bond acceptors (Lipinski definition) is 20. The predicted octanol–water partition coefficient (Wildman–Crippen LogP) is 12.2. The summed E-state index contributed by atoms with van der Waals surface area (Å²) in [6, 6.07) is 34.9. The zero-order chi connectivity index (χ0) is 84.5. The average molecular weight is 1610 g/mol. The summed E-state index contributed by atoms with van der Waals surface area (Å²) >= 11 is 0. The van der Waals surface area contributed by atoms with Crippen molar-refractivity contribution in [1.82, 2.24) is 88.1 Å². The van der Waals surface area contributed by atoms with Gasteiger partial charge in [-0.1, -0.05) is 49.8 Å². The van der Waals surface area contributed by atoms with E-state index in [1.165, 1.54) is 22.3 Å². The number of aromatic nitrogens is 12. The molecule has 0 saturated carbocycles. The molecule has 120 heavy (non-hydrogen) atoms. The van der Waals surface area contributed by atoms with Crippen molar-refractivity contribution in [3.05, 3.63) is 253 Å². The lowest BCUT2D eigenvalue weighted by Crippen LogP contribution is -2.43. The van der Waals surface area contributed by atoms with Crippen molar-refractivity contribution in [3.63, 3.8) is 0 Å². The van der Waals surface area contributed by atoms with Gasteiger partial charge in [0.25, 0.3) is 17.7 Å². The van der Waals surface area contributed by atoms with E-state index in [1.807, 2.05) is 102 Å². The number of carbonyl (C=O) groups excluding carboxylic acids is 3.